The monoisotopic (exact) mass is 203 g/mol. The van der Waals surface area contributed by atoms with Gasteiger partial charge >= 0.3 is 0 Å². The largest absolute Gasteiger partial charge is 0.549 e. The zero-order chi connectivity index (χ0) is 10.9. The highest BCUT2D eigenvalue weighted by molar-refractivity contribution is 5.80. The summed E-state index contributed by atoms with van der Waals surface area (Å²) in [4.78, 5) is 11.3. The van der Waals surface area contributed by atoms with Gasteiger partial charge in [0.1, 0.15) is 0 Å². The van der Waals surface area contributed by atoms with Gasteiger partial charge in [-0.1, -0.05) is 42.7 Å². The molecule has 1 aromatic rings. The first-order valence-corrected chi connectivity index (χ1v) is 5.44. The number of rotatable bonds is 2. The molecule has 0 aromatic heterocycles. The van der Waals surface area contributed by atoms with E-state index in [0.29, 0.717) is 0 Å². The van der Waals surface area contributed by atoms with Gasteiger partial charge in [-0.05, 0) is 25.3 Å². The average molecular weight is 203 g/mol. The molecule has 0 N–H and O–H groups in total. The van der Waals surface area contributed by atoms with Crippen molar-refractivity contribution in [2.75, 3.05) is 0 Å². The van der Waals surface area contributed by atoms with E-state index in [9.17, 15) is 9.90 Å². The zero-order valence-electron chi connectivity index (χ0n) is 8.95. The van der Waals surface area contributed by atoms with E-state index < -0.39 is 11.4 Å². The quantitative estimate of drug-likeness (QED) is 0.731. The van der Waals surface area contributed by atoms with E-state index in [2.05, 4.69) is 0 Å². The van der Waals surface area contributed by atoms with Gasteiger partial charge < -0.3 is 9.90 Å². The fraction of sp³-hybridized carbons (Fsp3) is 0.462. The second-order valence-electron chi connectivity index (χ2n) is 4.44. The second kappa shape index (κ2) is 3.69. The predicted molar refractivity (Wildman–Crippen MR) is 56.3 cm³/mol. The van der Waals surface area contributed by atoms with Crippen molar-refractivity contribution in [2.45, 2.75) is 38.0 Å². The Labute approximate surface area is 89.9 Å². The molecule has 0 saturated heterocycles. The van der Waals surface area contributed by atoms with Crippen molar-refractivity contribution in [1.29, 1.82) is 0 Å². The van der Waals surface area contributed by atoms with Crippen LogP contribution in [0.25, 0.3) is 0 Å². The molecule has 0 spiro atoms. The van der Waals surface area contributed by atoms with E-state index in [0.717, 1.165) is 36.8 Å². The van der Waals surface area contributed by atoms with E-state index in [1.165, 1.54) is 0 Å². The number of carbonyl (C=O) groups excluding carboxylic acids is 1. The Bertz CT molecular complexity index is 359. The molecule has 0 aliphatic heterocycles. The number of hydrogen-bond acceptors (Lipinski definition) is 2. The van der Waals surface area contributed by atoms with Gasteiger partial charge in [-0.25, -0.2) is 0 Å². The van der Waals surface area contributed by atoms with Gasteiger partial charge in [0.05, 0.1) is 5.97 Å². The standard InChI is InChI=1S/C13H16O2/c1-10-4-6-11(7-5-10)13(12(14)15)8-2-3-9-13/h4-7H,2-3,8-9H2,1H3,(H,14,15)/p-1. The van der Waals surface area contributed by atoms with Gasteiger partial charge in [0.2, 0.25) is 0 Å². The molecule has 2 rings (SSSR count). The fourth-order valence-electron chi connectivity index (χ4n) is 2.46. The highest BCUT2D eigenvalue weighted by Gasteiger charge is 2.36. The lowest BCUT2D eigenvalue weighted by Crippen LogP contribution is -2.43. The Morgan fingerprint density at radius 1 is 1.20 bits per heavy atom. The van der Waals surface area contributed by atoms with Crippen molar-refractivity contribution in [3.63, 3.8) is 0 Å². The smallest absolute Gasteiger partial charge is 0.0520 e. The molecule has 2 heteroatoms. The van der Waals surface area contributed by atoms with Crippen molar-refractivity contribution in [2.24, 2.45) is 0 Å². The van der Waals surface area contributed by atoms with E-state index in [1.807, 2.05) is 31.2 Å². The van der Waals surface area contributed by atoms with Crippen LogP contribution in [0.4, 0.5) is 0 Å². The van der Waals surface area contributed by atoms with Crippen LogP contribution < -0.4 is 5.11 Å². The van der Waals surface area contributed by atoms with Crippen LogP contribution in [0.5, 0.6) is 0 Å². The normalized spacial score (nSPS) is 19.0. The Morgan fingerprint density at radius 2 is 1.73 bits per heavy atom. The van der Waals surface area contributed by atoms with Crippen molar-refractivity contribution in [3.05, 3.63) is 35.4 Å². The molecular formula is C13H15O2-. The summed E-state index contributed by atoms with van der Waals surface area (Å²) in [5, 5.41) is 11.3. The zero-order valence-corrected chi connectivity index (χ0v) is 8.95. The number of carboxylic acids is 1. The van der Waals surface area contributed by atoms with Crippen LogP contribution in [0.1, 0.15) is 36.8 Å². The van der Waals surface area contributed by atoms with Gasteiger partial charge in [0.25, 0.3) is 0 Å². The Morgan fingerprint density at radius 3 is 2.20 bits per heavy atom. The Balaban J connectivity index is 2.41. The molecular weight excluding hydrogens is 188 g/mol. The molecule has 1 aliphatic rings. The van der Waals surface area contributed by atoms with Crippen LogP contribution in [-0.2, 0) is 10.2 Å². The van der Waals surface area contributed by atoms with E-state index in [4.69, 9.17) is 0 Å². The van der Waals surface area contributed by atoms with Gasteiger partial charge in [-0.3, -0.25) is 0 Å². The van der Waals surface area contributed by atoms with Crippen LogP contribution in [0.15, 0.2) is 24.3 Å². The van der Waals surface area contributed by atoms with Crippen molar-refractivity contribution in [3.8, 4) is 0 Å². The van der Waals surface area contributed by atoms with Crippen LogP contribution in [0.2, 0.25) is 0 Å². The minimum atomic E-state index is -0.913. The van der Waals surface area contributed by atoms with Gasteiger partial charge in [0.15, 0.2) is 0 Å². The minimum Gasteiger partial charge on any atom is -0.549 e. The van der Waals surface area contributed by atoms with Crippen LogP contribution in [-0.4, -0.2) is 5.97 Å². The highest BCUT2D eigenvalue weighted by atomic mass is 16.4. The first-order chi connectivity index (χ1) is 7.15. The molecule has 1 fully saturated rings. The number of aryl methyl sites for hydroxylation is 1. The third-order valence-electron chi connectivity index (χ3n) is 3.45. The van der Waals surface area contributed by atoms with Crippen LogP contribution in [0, 0.1) is 6.92 Å². The molecule has 1 saturated carbocycles. The number of benzene rings is 1. The summed E-state index contributed by atoms with van der Waals surface area (Å²) in [6, 6.07) is 7.80. The maximum absolute atomic E-state index is 11.3. The third kappa shape index (κ3) is 1.65. The van der Waals surface area contributed by atoms with E-state index >= 15 is 0 Å². The molecule has 1 aliphatic carbocycles. The SMILES string of the molecule is Cc1ccc(C2(C(=O)[O-])CCCC2)cc1. The molecule has 1 aromatic carbocycles. The van der Waals surface area contributed by atoms with E-state index in [-0.39, 0.29) is 0 Å². The summed E-state index contributed by atoms with van der Waals surface area (Å²) < 4.78 is 0. The first-order valence-electron chi connectivity index (χ1n) is 5.44. The van der Waals surface area contributed by atoms with Crippen LogP contribution in [0.3, 0.4) is 0 Å². The van der Waals surface area contributed by atoms with Gasteiger partial charge in [0, 0.05) is 5.41 Å². The van der Waals surface area contributed by atoms with E-state index in [1.54, 1.807) is 0 Å². The summed E-state index contributed by atoms with van der Waals surface area (Å²) >= 11 is 0. The van der Waals surface area contributed by atoms with Crippen LogP contribution >= 0.6 is 0 Å². The maximum atomic E-state index is 11.3. The molecule has 0 bridgehead atoms. The first kappa shape index (κ1) is 10.2. The summed E-state index contributed by atoms with van der Waals surface area (Å²) in [5.41, 5.74) is 1.35. The molecule has 0 unspecified atom stereocenters. The molecule has 0 heterocycles. The lowest BCUT2D eigenvalue weighted by atomic mass is 9.79. The fourth-order valence-corrected chi connectivity index (χ4v) is 2.46. The summed E-state index contributed by atoms with van der Waals surface area (Å²) in [7, 11) is 0. The maximum Gasteiger partial charge on any atom is 0.0520 e. The molecule has 0 radical (unpaired) electrons. The Hall–Kier alpha value is -1.31. The van der Waals surface area contributed by atoms with Crippen molar-refractivity contribution >= 4 is 5.97 Å². The number of hydrogen-bond donors (Lipinski definition) is 0. The summed E-state index contributed by atoms with van der Waals surface area (Å²) in [6.07, 6.45) is 3.42. The third-order valence-corrected chi connectivity index (χ3v) is 3.45. The minimum absolute atomic E-state index is 0.715. The number of carboxylic acid groups (broad SMARTS) is 1. The highest BCUT2D eigenvalue weighted by Crippen LogP contribution is 2.40. The number of carbonyl (C=O) groups is 1. The van der Waals surface area contributed by atoms with Crippen molar-refractivity contribution < 1.29 is 9.90 Å². The molecule has 15 heavy (non-hydrogen) atoms. The summed E-state index contributed by atoms with van der Waals surface area (Å²) in [5.74, 6) is -0.913. The van der Waals surface area contributed by atoms with Gasteiger partial charge in [-0.2, -0.15) is 0 Å². The molecule has 2 nitrogen and oxygen atoms in total. The summed E-state index contributed by atoms with van der Waals surface area (Å²) in [6.45, 7) is 2.00. The second-order valence-corrected chi connectivity index (χ2v) is 4.44. The molecule has 0 atom stereocenters. The predicted octanol–water partition coefficient (Wildman–Crippen LogP) is 1.56. The topological polar surface area (TPSA) is 40.1 Å². The number of aliphatic carboxylic acids is 1. The average Bonchev–Trinajstić information content (AvgIpc) is 2.69. The van der Waals surface area contributed by atoms with Crippen molar-refractivity contribution in [1.82, 2.24) is 0 Å². The van der Waals surface area contributed by atoms with Gasteiger partial charge in [-0.15, -0.1) is 0 Å². The lowest BCUT2D eigenvalue weighted by Gasteiger charge is -2.30. The molecule has 80 valence electrons. The Kier molecular flexibility index (Phi) is 2.51. The lowest BCUT2D eigenvalue weighted by molar-refractivity contribution is -0.313. The molecule has 0 amide bonds.